The van der Waals surface area contributed by atoms with Gasteiger partial charge in [0.05, 0.1) is 18.3 Å². The van der Waals surface area contributed by atoms with Crippen LogP contribution in [0.15, 0.2) is 42.7 Å². The maximum Gasteiger partial charge on any atom is 0.239 e. The Labute approximate surface area is 136 Å². The molecule has 0 aliphatic rings. The third-order valence-electron chi connectivity index (χ3n) is 3.20. The maximum absolute atomic E-state index is 12.0. The number of rotatable bonds is 6. The molecule has 1 aromatic heterocycles. The van der Waals surface area contributed by atoms with Crippen LogP contribution in [0.5, 0.6) is 0 Å². The van der Waals surface area contributed by atoms with Crippen molar-refractivity contribution in [3.63, 3.8) is 0 Å². The van der Waals surface area contributed by atoms with Crippen LogP contribution in [0.1, 0.15) is 18.5 Å². The van der Waals surface area contributed by atoms with E-state index in [1.807, 2.05) is 43.5 Å². The lowest BCUT2D eigenvalue weighted by Crippen LogP contribution is -2.44. The molecular formula is C15H21ClN4O2. The smallest absolute Gasteiger partial charge is 0.239 e. The van der Waals surface area contributed by atoms with Gasteiger partial charge in [-0.25, -0.2) is 4.68 Å². The fourth-order valence-electron chi connectivity index (χ4n) is 2.13. The lowest BCUT2D eigenvalue weighted by molar-refractivity contribution is -0.124. The highest BCUT2D eigenvalue weighted by Crippen LogP contribution is 2.20. The molecule has 0 aliphatic heterocycles. The molecule has 2 rings (SSSR count). The van der Waals surface area contributed by atoms with Crippen molar-refractivity contribution in [1.82, 2.24) is 15.1 Å². The standard InChI is InChI=1S/C15H20N4O2.ClH/c1-11(18-15(20)13(16)10-21-2)12-6-3-4-7-14(12)19-9-5-8-17-19;/h3-9,11,13H,10,16H2,1-2H3,(H,18,20);1H. The molecule has 0 spiro atoms. The molecule has 0 aliphatic carbocycles. The molecule has 1 aromatic carbocycles. The number of carbonyl (C=O) groups is 1. The fraction of sp³-hybridized carbons (Fsp3) is 0.333. The van der Waals surface area contributed by atoms with Crippen molar-refractivity contribution in [2.75, 3.05) is 13.7 Å². The summed E-state index contributed by atoms with van der Waals surface area (Å²) in [6.07, 6.45) is 3.58. The summed E-state index contributed by atoms with van der Waals surface area (Å²) in [5.41, 5.74) is 7.63. The summed E-state index contributed by atoms with van der Waals surface area (Å²) in [6.45, 7) is 2.11. The predicted molar refractivity (Wildman–Crippen MR) is 87.2 cm³/mol. The summed E-state index contributed by atoms with van der Waals surface area (Å²) in [5, 5.41) is 7.13. The van der Waals surface area contributed by atoms with Crippen LogP contribution in [0.25, 0.3) is 5.69 Å². The molecule has 0 saturated carbocycles. The molecular weight excluding hydrogens is 304 g/mol. The number of nitrogens with zero attached hydrogens (tertiary/aromatic N) is 2. The molecule has 120 valence electrons. The quantitative estimate of drug-likeness (QED) is 0.842. The molecule has 0 fully saturated rings. The monoisotopic (exact) mass is 324 g/mol. The minimum atomic E-state index is -0.672. The van der Waals surface area contributed by atoms with Gasteiger partial charge in [0, 0.05) is 19.5 Å². The van der Waals surface area contributed by atoms with Crippen molar-refractivity contribution in [2.24, 2.45) is 5.73 Å². The SMILES string of the molecule is COCC(N)C(=O)NC(C)c1ccccc1-n1cccn1.Cl. The largest absolute Gasteiger partial charge is 0.383 e. The van der Waals surface area contributed by atoms with Crippen LogP contribution in [-0.4, -0.2) is 35.4 Å². The maximum atomic E-state index is 12.0. The Morgan fingerprint density at radius 3 is 2.77 bits per heavy atom. The van der Waals surface area contributed by atoms with E-state index in [9.17, 15) is 4.79 Å². The van der Waals surface area contributed by atoms with Crippen LogP contribution in [0.2, 0.25) is 0 Å². The lowest BCUT2D eigenvalue weighted by Gasteiger charge is -2.20. The van der Waals surface area contributed by atoms with Gasteiger partial charge in [-0.1, -0.05) is 18.2 Å². The lowest BCUT2D eigenvalue weighted by atomic mass is 10.1. The van der Waals surface area contributed by atoms with E-state index < -0.39 is 6.04 Å². The number of hydrogen-bond donors (Lipinski definition) is 2. The number of nitrogens with one attached hydrogen (secondary N) is 1. The Bertz CT molecular complexity index is 589. The molecule has 7 heteroatoms. The number of amides is 1. The number of halogens is 1. The number of carbonyl (C=O) groups excluding carboxylic acids is 1. The van der Waals surface area contributed by atoms with E-state index in [4.69, 9.17) is 10.5 Å². The van der Waals surface area contributed by atoms with Gasteiger partial charge in [-0.05, 0) is 24.6 Å². The normalized spacial score (nSPS) is 13.0. The number of para-hydroxylation sites is 1. The molecule has 22 heavy (non-hydrogen) atoms. The first-order valence-corrected chi connectivity index (χ1v) is 6.77. The first-order chi connectivity index (χ1) is 10.1. The Balaban J connectivity index is 0.00000242. The van der Waals surface area contributed by atoms with Crippen LogP contribution in [0.3, 0.4) is 0 Å². The number of hydrogen-bond acceptors (Lipinski definition) is 4. The fourth-order valence-corrected chi connectivity index (χ4v) is 2.13. The van der Waals surface area contributed by atoms with Gasteiger partial charge in [-0.15, -0.1) is 12.4 Å². The molecule has 3 N–H and O–H groups in total. The summed E-state index contributed by atoms with van der Waals surface area (Å²) in [5.74, 6) is -0.236. The number of methoxy groups -OCH3 is 1. The molecule has 2 unspecified atom stereocenters. The zero-order chi connectivity index (χ0) is 15.2. The third kappa shape index (κ3) is 4.30. The van der Waals surface area contributed by atoms with Crippen molar-refractivity contribution in [1.29, 1.82) is 0 Å². The zero-order valence-corrected chi connectivity index (χ0v) is 13.4. The topological polar surface area (TPSA) is 82.2 Å². The summed E-state index contributed by atoms with van der Waals surface area (Å²) < 4.78 is 6.67. The molecule has 2 aromatic rings. The minimum absolute atomic E-state index is 0. The number of benzene rings is 1. The van der Waals surface area contributed by atoms with Gasteiger partial charge in [0.1, 0.15) is 6.04 Å². The first-order valence-electron chi connectivity index (χ1n) is 6.77. The summed E-state index contributed by atoms with van der Waals surface area (Å²) in [4.78, 5) is 12.0. The van der Waals surface area contributed by atoms with Crippen molar-refractivity contribution >= 4 is 18.3 Å². The van der Waals surface area contributed by atoms with Crippen LogP contribution in [-0.2, 0) is 9.53 Å². The Hall–Kier alpha value is -1.89. The molecule has 1 amide bonds. The first kappa shape index (κ1) is 18.2. The van der Waals surface area contributed by atoms with Crippen LogP contribution < -0.4 is 11.1 Å². The average molecular weight is 325 g/mol. The van der Waals surface area contributed by atoms with Gasteiger partial charge in [0.2, 0.25) is 5.91 Å². The summed E-state index contributed by atoms with van der Waals surface area (Å²) in [6, 6.07) is 8.79. The Kier molecular flexibility index (Phi) is 7.04. The second-order valence-electron chi connectivity index (χ2n) is 4.80. The zero-order valence-electron chi connectivity index (χ0n) is 12.6. The third-order valence-corrected chi connectivity index (χ3v) is 3.20. The van der Waals surface area contributed by atoms with Crippen LogP contribution in [0, 0.1) is 0 Å². The Morgan fingerprint density at radius 1 is 1.41 bits per heavy atom. The van der Waals surface area contributed by atoms with E-state index in [0.717, 1.165) is 11.3 Å². The van der Waals surface area contributed by atoms with Crippen molar-refractivity contribution in [3.05, 3.63) is 48.3 Å². The van der Waals surface area contributed by atoms with Crippen molar-refractivity contribution < 1.29 is 9.53 Å². The Morgan fingerprint density at radius 2 is 2.14 bits per heavy atom. The van der Waals surface area contributed by atoms with E-state index in [1.54, 1.807) is 10.9 Å². The van der Waals surface area contributed by atoms with Crippen molar-refractivity contribution in [2.45, 2.75) is 19.0 Å². The number of ether oxygens (including phenoxy) is 1. The van der Waals surface area contributed by atoms with Gasteiger partial charge in [0.25, 0.3) is 0 Å². The van der Waals surface area contributed by atoms with Crippen molar-refractivity contribution in [3.8, 4) is 5.69 Å². The minimum Gasteiger partial charge on any atom is -0.383 e. The van der Waals surface area contributed by atoms with E-state index in [-0.39, 0.29) is 31.0 Å². The number of aromatic nitrogens is 2. The molecule has 0 bridgehead atoms. The van der Waals surface area contributed by atoms with E-state index in [1.165, 1.54) is 7.11 Å². The summed E-state index contributed by atoms with van der Waals surface area (Å²) in [7, 11) is 1.52. The van der Waals surface area contributed by atoms with Gasteiger partial charge in [-0.3, -0.25) is 4.79 Å². The molecule has 6 nitrogen and oxygen atoms in total. The highest BCUT2D eigenvalue weighted by molar-refractivity contribution is 5.85. The van der Waals surface area contributed by atoms with E-state index in [2.05, 4.69) is 10.4 Å². The molecule has 0 saturated heterocycles. The second kappa shape index (κ2) is 8.53. The highest BCUT2D eigenvalue weighted by Gasteiger charge is 2.18. The highest BCUT2D eigenvalue weighted by atomic mass is 35.5. The molecule has 2 atom stereocenters. The predicted octanol–water partition coefficient (Wildman–Crippen LogP) is 1.44. The van der Waals surface area contributed by atoms with Gasteiger partial charge in [-0.2, -0.15) is 5.10 Å². The summed E-state index contributed by atoms with van der Waals surface area (Å²) >= 11 is 0. The van der Waals surface area contributed by atoms with E-state index >= 15 is 0 Å². The van der Waals surface area contributed by atoms with E-state index in [0.29, 0.717) is 0 Å². The van der Waals surface area contributed by atoms with Crippen LogP contribution >= 0.6 is 12.4 Å². The second-order valence-corrected chi connectivity index (χ2v) is 4.80. The number of nitrogens with two attached hydrogens (primary N) is 1. The molecule has 0 radical (unpaired) electrons. The van der Waals surface area contributed by atoms with Gasteiger partial charge < -0.3 is 15.8 Å². The van der Waals surface area contributed by atoms with Gasteiger partial charge >= 0.3 is 0 Å². The molecule has 1 heterocycles. The van der Waals surface area contributed by atoms with Crippen LogP contribution in [0.4, 0.5) is 0 Å². The average Bonchev–Trinajstić information content (AvgIpc) is 3.01. The van der Waals surface area contributed by atoms with Gasteiger partial charge in [0.15, 0.2) is 0 Å².